The molecule has 1 fully saturated rings. The van der Waals surface area contributed by atoms with Crippen molar-refractivity contribution in [3.8, 4) is 0 Å². The van der Waals surface area contributed by atoms with Crippen molar-refractivity contribution in [2.45, 2.75) is 46.1 Å². The molecule has 0 amide bonds. The number of rotatable bonds is 6. The van der Waals surface area contributed by atoms with Gasteiger partial charge < -0.3 is 20.1 Å². The molecule has 0 unspecified atom stereocenters. The summed E-state index contributed by atoms with van der Waals surface area (Å²) in [4.78, 5) is 31.8. The third kappa shape index (κ3) is 5.73. The molecule has 1 aromatic rings. The zero-order valence-electron chi connectivity index (χ0n) is 18.9. The fraction of sp³-hybridized carbons (Fsp3) is 0.542. The Kier molecular flexibility index (Phi) is 7.15. The summed E-state index contributed by atoms with van der Waals surface area (Å²) in [5, 5.41) is 13.8. The van der Waals surface area contributed by atoms with Crippen LogP contribution >= 0.6 is 0 Å². The Balaban J connectivity index is 1.79. The molecule has 2 aliphatic rings. The van der Waals surface area contributed by atoms with Crippen LogP contribution in [0.15, 0.2) is 40.6 Å². The Morgan fingerprint density at radius 2 is 1.87 bits per heavy atom. The number of carbonyl (C=O) groups excluding carboxylic acids is 2. The van der Waals surface area contributed by atoms with E-state index >= 15 is 0 Å². The number of hydrogen-bond donors (Lipinski definition) is 2. The van der Waals surface area contributed by atoms with E-state index in [2.05, 4.69) is 27.3 Å². The smallest absolute Gasteiger partial charge is 0.330 e. The van der Waals surface area contributed by atoms with Gasteiger partial charge in [0.15, 0.2) is 11.8 Å². The highest BCUT2D eigenvalue weighted by Gasteiger charge is 2.34. The van der Waals surface area contributed by atoms with E-state index in [1.165, 1.54) is 7.11 Å². The number of aliphatic hydroxyl groups excluding tert-OH is 1. The van der Waals surface area contributed by atoms with Crippen molar-refractivity contribution in [1.82, 2.24) is 5.32 Å². The summed E-state index contributed by atoms with van der Waals surface area (Å²) in [7, 11) is 1.33. The van der Waals surface area contributed by atoms with Crippen molar-refractivity contribution in [3.63, 3.8) is 0 Å². The molecular weight excluding hydrogens is 394 g/mol. The molecule has 1 aliphatic heterocycles. The maximum atomic E-state index is 12.6. The number of Topliss-reactive ketones (excluding diaryl/α,β-unsaturated/α-hetero) is 1. The predicted octanol–water partition coefficient (Wildman–Crippen LogP) is 2.84. The first-order valence-electron chi connectivity index (χ1n) is 10.8. The van der Waals surface area contributed by atoms with Gasteiger partial charge in [-0.2, -0.15) is 0 Å². The van der Waals surface area contributed by atoms with E-state index in [1.54, 1.807) is 6.92 Å². The van der Waals surface area contributed by atoms with E-state index < -0.39 is 12.0 Å². The number of ether oxygens (including phenoxy) is 1. The number of hydrogen-bond acceptors (Lipinski definition) is 7. The molecule has 1 atom stereocenters. The standard InChI is InChI=1S/C24H33N3O4/c1-16(22-20(28)14-24(2,3)15-21(22)29)26-19(23(30)31-4)13-17-5-7-18(8-6-17)27-11-9-25-10-12-27/h5-8,19,25,28H,9-15H2,1-4H3/t19-/m0/s1. The molecule has 0 bridgehead atoms. The van der Waals surface area contributed by atoms with Crippen LogP contribution in [0.4, 0.5) is 5.69 Å². The summed E-state index contributed by atoms with van der Waals surface area (Å²) < 4.78 is 4.95. The highest BCUT2D eigenvalue weighted by Crippen LogP contribution is 2.36. The second-order valence-electron chi connectivity index (χ2n) is 9.12. The van der Waals surface area contributed by atoms with Gasteiger partial charge in [-0.15, -0.1) is 0 Å². The average Bonchev–Trinajstić information content (AvgIpc) is 2.72. The van der Waals surface area contributed by atoms with Crippen LogP contribution in [-0.2, 0) is 20.7 Å². The SMILES string of the molecule is COC(=O)[C@H](Cc1ccc(N2CCNCC2)cc1)N=C(C)C1=C(O)CC(C)(C)CC1=O. The highest BCUT2D eigenvalue weighted by molar-refractivity contribution is 6.22. The van der Waals surface area contributed by atoms with Crippen LogP contribution in [0, 0.1) is 5.41 Å². The Hall–Kier alpha value is -2.67. The lowest BCUT2D eigenvalue weighted by molar-refractivity contribution is -0.142. The van der Waals surface area contributed by atoms with Crippen LogP contribution in [0.25, 0.3) is 0 Å². The lowest BCUT2D eigenvalue weighted by atomic mass is 9.75. The number of piperazine rings is 1. The van der Waals surface area contributed by atoms with Gasteiger partial charge in [-0.05, 0) is 30.0 Å². The first-order valence-corrected chi connectivity index (χ1v) is 10.8. The molecular formula is C24H33N3O4. The largest absolute Gasteiger partial charge is 0.511 e. The van der Waals surface area contributed by atoms with E-state index in [1.807, 2.05) is 26.0 Å². The van der Waals surface area contributed by atoms with Crippen molar-refractivity contribution in [1.29, 1.82) is 0 Å². The lowest BCUT2D eigenvalue weighted by Crippen LogP contribution is -2.43. The average molecular weight is 428 g/mol. The topological polar surface area (TPSA) is 91.2 Å². The second kappa shape index (κ2) is 9.64. The molecule has 168 valence electrons. The Labute approximate surface area is 184 Å². The number of benzene rings is 1. The van der Waals surface area contributed by atoms with E-state index in [0.717, 1.165) is 37.4 Å². The van der Waals surface area contributed by atoms with Gasteiger partial charge in [0.25, 0.3) is 0 Å². The number of methoxy groups -OCH3 is 1. The van der Waals surface area contributed by atoms with E-state index in [9.17, 15) is 14.7 Å². The van der Waals surface area contributed by atoms with Crippen LogP contribution < -0.4 is 10.2 Å². The molecule has 7 nitrogen and oxygen atoms in total. The van der Waals surface area contributed by atoms with Crippen LogP contribution in [0.3, 0.4) is 0 Å². The summed E-state index contributed by atoms with van der Waals surface area (Å²) in [6.45, 7) is 9.45. The van der Waals surface area contributed by atoms with Gasteiger partial charge in [0.05, 0.1) is 12.7 Å². The highest BCUT2D eigenvalue weighted by atomic mass is 16.5. The molecule has 0 aromatic heterocycles. The number of nitrogens with zero attached hydrogens (tertiary/aromatic N) is 2. The second-order valence-corrected chi connectivity index (χ2v) is 9.12. The zero-order valence-corrected chi connectivity index (χ0v) is 18.9. The van der Waals surface area contributed by atoms with E-state index in [-0.39, 0.29) is 22.5 Å². The van der Waals surface area contributed by atoms with Gasteiger partial charge >= 0.3 is 5.97 Å². The van der Waals surface area contributed by atoms with Crippen molar-refractivity contribution in [2.24, 2.45) is 10.4 Å². The first kappa shape index (κ1) is 23.0. The van der Waals surface area contributed by atoms with E-state index in [0.29, 0.717) is 25.0 Å². The Bertz CT molecular complexity index is 881. The fourth-order valence-corrected chi connectivity index (χ4v) is 4.30. The van der Waals surface area contributed by atoms with Gasteiger partial charge in [-0.1, -0.05) is 26.0 Å². The minimum atomic E-state index is -0.780. The molecule has 0 spiro atoms. The summed E-state index contributed by atoms with van der Waals surface area (Å²) in [5.74, 6) is -0.556. The number of aliphatic hydroxyl groups is 1. The molecule has 7 heteroatoms. The number of allylic oxidation sites excluding steroid dienone is 2. The van der Waals surface area contributed by atoms with Gasteiger partial charge in [0.1, 0.15) is 5.76 Å². The van der Waals surface area contributed by atoms with Crippen LogP contribution in [0.2, 0.25) is 0 Å². The van der Waals surface area contributed by atoms with Crippen LogP contribution in [-0.4, -0.2) is 61.9 Å². The molecule has 1 aromatic carbocycles. The molecule has 1 heterocycles. The van der Waals surface area contributed by atoms with Gasteiger partial charge in [0.2, 0.25) is 0 Å². The molecule has 1 saturated heterocycles. The minimum Gasteiger partial charge on any atom is -0.511 e. The molecule has 0 radical (unpaired) electrons. The first-order chi connectivity index (χ1) is 14.7. The third-order valence-corrected chi connectivity index (χ3v) is 5.88. The van der Waals surface area contributed by atoms with Crippen molar-refractivity contribution in [3.05, 3.63) is 41.2 Å². The maximum absolute atomic E-state index is 12.6. The number of anilines is 1. The summed E-state index contributed by atoms with van der Waals surface area (Å²) in [6, 6.07) is 7.35. The molecule has 3 rings (SSSR count). The number of carbonyl (C=O) groups is 2. The number of ketones is 1. The lowest BCUT2D eigenvalue weighted by Gasteiger charge is -2.30. The van der Waals surface area contributed by atoms with Gasteiger partial charge in [0, 0.05) is 56.8 Å². The van der Waals surface area contributed by atoms with Crippen molar-refractivity contribution in [2.75, 3.05) is 38.2 Å². The molecule has 2 N–H and O–H groups in total. The van der Waals surface area contributed by atoms with Gasteiger partial charge in [-0.3, -0.25) is 9.79 Å². The number of aliphatic imine (C=N–C) groups is 1. The molecule has 1 aliphatic carbocycles. The summed E-state index contributed by atoms with van der Waals surface area (Å²) in [5.41, 5.74) is 2.46. The van der Waals surface area contributed by atoms with Crippen LogP contribution in [0.5, 0.6) is 0 Å². The predicted molar refractivity (Wildman–Crippen MR) is 122 cm³/mol. The molecule has 0 saturated carbocycles. The zero-order chi connectivity index (χ0) is 22.6. The maximum Gasteiger partial charge on any atom is 0.330 e. The van der Waals surface area contributed by atoms with Crippen molar-refractivity contribution >= 4 is 23.2 Å². The Morgan fingerprint density at radius 1 is 1.23 bits per heavy atom. The fourth-order valence-electron chi connectivity index (χ4n) is 4.30. The summed E-state index contributed by atoms with van der Waals surface area (Å²) in [6.07, 6.45) is 1.12. The number of esters is 1. The van der Waals surface area contributed by atoms with Crippen molar-refractivity contribution < 1.29 is 19.4 Å². The Morgan fingerprint density at radius 3 is 2.45 bits per heavy atom. The molecule has 31 heavy (non-hydrogen) atoms. The van der Waals surface area contributed by atoms with E-state index in [4.69, 9.17) is 4.74 Å². The quantitative estimate of drug-likeness (QED) is 0.536. The summed E-state index contributed by atoms with van der Waals surface area (Å²) >= 11 is 0. The minimum absolute atomic E-state index is 0.0477. The monoisotopic (exact) mass is 427 g/mol. The third-order valence-electron chi connectivity index (χ3n) is 5.88. The normalized spacial score (nSPS) is 20.6. The number of nitrogens with one attached hydrogen (secondary N) is 1. The van der Waals surface area contributed by atoms with Gasteiger partial charge in [-0.25, -0.2) is 4.79 Å². The van der Waals surface area contributed by atoms with Crippen LogP contribution in [0.1, 0.15) is 39.2 Å².